The van der Waals surface area contributed by atoms with Crippen LogP contribution in [0.2, 0.25) is 0 Å². The third-order valence-electron chi connectivity index (χ3n) is 4.56. The van der Waals surface area contributed by atoms with E-state index >= 15 is 0 Å². The van der Waals surface area contributed by atoms with Crippen LogP contribution in [0, 0.1) is 13.8 Å². The van der Waals surface area contributed by atoms with Crippen LogP contribution < -0.4 is 0 Å². The van der Waals surface area contributed by atoms with Crippen LogP contribution >= 0.6 is 11.6 Å². The lowest BCUT2D eigenvalue weighted by Gasteiger charge is -2.31. The summed E-state index contributed by atoms with van der Waals surface area (Å²) in [7, 11) is 0. The van der Waals surface area contributed by atoms with Crippen molar-refractivity contribution in [3.05, 3.63) is 58.4 Å². The van der Waals surface area contributed by atoms with E-state index in [0.717, 1.165) is 29.9 Å². The number of benzene rings is 1. The van der Waals surface area contributed by atoms with Crippen LogP contribution in [-0.2, 0) is 13.0 Å². The molecule has 2 unspecified atom stereocenters. The molecular weight excluding hydrogens is 282 g/mol. The molecule has 0 radical (unpaired) electrons. The summed E-state index contributed by atoms with van der Waals surface area (Å²) in [5.41, 5.74) is 5.84. The number of carbonyl (C=O) groups excluding carboxylic acids is 1. The van der Waals surface area contributed by atoms with E-state index in [-0.39, 0.29) is 5.78 Å². The summed E-state index contributed by atoms with van der Waals surface area (Å²) in [5, 5.41) is -0.469. The van der Waals surface area contributed by atoms with Crippen molar-refractivity contribution in [1.29, 1.82) is 0 Å². The number of hydrogen-bond donors (Lipinski definition) is 0. The second-order valence-corrected chi connectivity index (χ2v) is 6.63. The number of Topliss-reactive ketones (excluding diaryl/α,β-unsaturated/α-hetero) is 1. The normalized spacial score (nSPS) is 18.0. The van der Waals surface area contributed by atoms with Crippen molar-refractivity contribution in [3.63, 3.8) is 0 Å². The van der Waals surface area contributed by atoms with E-state index < -0.39 is 5.38 Å². The van der Waals surface area contributed by atoms with Crippen LogP contribution in [0.3, 0.4) is 0 Å². The molecule has 0 fully saturated rings. The molecule has 1 heterocycles. The zero-order valence-electron chi connectivity index (χ0n) is 12.7. The number of aromatic nitrogens is 1. The monoisotopic (exact) mass is 301 g/mol. The highest BCUT2D eigenvalue weighted by Gasteiger charge is 2.27. The van der Waals surface area contributed by atoms with Crippen LogP contribution in [0.25, 0.3) is 0 Å². The van der Waals surface area contributed by atoms with Crippen molar-refractivity contribution in [1.82, 2.24) is 4.57 Å². The van der Waals surface area contributed by atoms with Gasteiger partial charge in [-0.15, -0.1) is 11.6 Å². The molecule has 3 heteroatoms. The van der Waals surface area contributed by atoms with Crippen LogP contribution in [0.15, 0.2) is 30.3 Å². The Labute approximate surface area is 130 Å². The Morgan fingerprint density at radius 2 is 2.10 bits per heavy atom. The quantitative estimate of drug-likeness (QED) is 0.611. The first kappa shape index (κ1) is 14.4. The number of rotatable bonds is 4. The molecule has 21 heavy (non-hydrogen) atoms. The summed E-state index contributed by atoms with van der Waals surface area (Å²) >= 11 is 5.95. The molecular formula is C18H20ClNO. The predicted octanol–water partition coefficient (Wildman–Crippen LogP) is 4.25. The third-order valence-corrected chi connectivity index (χ3v) is 4.76. The number of hydrogen-bond acceptors (Lipinski definition) is 1. The maximum absolute atomic E-state index is 12.2. The Kier molecular flexibility index (Phi) is 3.66. The van der Waals surface area contributed by atoms with E-state index in [1.54, 1.807) is 6.92 Å². The fraction of sp³-hybridized carbons (Fsp3) is 0.389. The molecule has 1 aromatic carbocycles. The van der Waals surface area contributed by atoms with Gasteiger partial charge in [0.2, 0.25) is 0 Å². The van der Waals surface area contributed by atoms with Crippen molar-refractivity contribution < 1.29 is 4.79 Å². The van der Waals surface area contributed by atoms with Gasteiger partial charge in [-0.1, -0.05) is 24.3 Å². The second kappa shape index (κ2) is 5.34. The van der Waals surface area contributed by atoms with Crippen molar-refractivity contribution in [3.8, 4) is 0 Å². The predicted molar refractivity (Wildman–Crippen MR) is 86.4 cm³/mol. The first-order valence-corrected chi connectivity index (χ1v) is 7.85. The fourth-order valence-corrected chi connectivity index (χ4v) is 3.41. The van der Waals surface area contributed by atoms with Crippen molar-refractivity contribution >= 4 is 17.4 Å². The highest BCUT2D eigenvalue weighted by atomic mass is 35.5. The van der Waals surface area contributed by atoms with E-state index in [1.165, 1.54) is 11.1 Å². The van der Waals surface area contributed by atoms with Gasteiger partial charge in [0.15, 0.2) is 5.78 Å². The summed E-state index contributed by atoms with van der Waals surface area (Å²) in [6.07, 6.45) is 1.13. The number of ketones is 1. The summed E-state index contributed by atoms with van der Waals surface area (Å²) in [5.74, 6) is 0.576. The molecule has 0 aliphatic heterocycles. The van der Waals surface area contributed by atoms with Crippen LogP contribution in [0.1, 0.15) is 45.7 Å². The van der Waals surface area contributed by atoms with Gasteiger partial charge in [0.1, 0.15) is 0 Å². The summed E-state index contributed by atoms with van der Waals surface area (Å²) in [6.45, 7) is 6.76. The Balaban J connectivity index is 1.86. The number of carbonyl (C=O) groups is 1. The summed E-state index contributed by atoms with van der Waals surface area (Å²) in [4.78, 5) is 12.2. The average molecular weight is 302 g/mol. The summed E-state index contributed by atoms with van der Waals surface area (Å²) in [6, 6.07) is 10.6. The minimum absolute atomic E-state index is 0.0185. The molecule has 0 saturated carbocycles. The Hall–Kier alpha value is -1.54. The highest BCUT2D eigenvalue weighted by molar-refractivity contribution is 6.33. The van der Waals surface area contributed by atoms with Gasteiger partial charge < -0.3 is 4.57 Å². The number of nitrogens with zero attached hydrogens (tertiary/aromatic N) is 1. The maximum Gasteiger partial charge on any atom is 0.182 e. The van der Waals surface area contributed by atoms with Gasteiger partial charge in [-0.2, -0.15) is 0 Å². The van der Waals surface area contributed by atoms with Gasteiger partial charge in [0.05, 0.1) is 5.38 Å². The SMILES string of the molecule is Cc1cc(C(=O)C(C)Cl)c(C)n1CC1Cc2ccccc21. The molecule has 0 bridgehead atoms. The van der Waals surface area contributed by atoms with E-state index in [1.807, 2.05) is 13.0 Å². The van der Waals surface area contributed by atoms with Crippen molar-refractivity contribution in [2.24, 2.45) is 0 Å². The standard InChI is InChI=1S/C18H20ClNO/c1-11-8-17(18(21)12(2)19)13(3)20(11)10-15-9-14-6-4-5-7-16(14)15/h4-8,12,15H,9-10H2,1-3H3. The fourth-order valence-electron chi connectivity index (χ4n) is 3.29. The third kappa shape index (κ3) is 2.42. The van der Waals surface area contributed by atoms with Crippen LogP contribution in [0.5, 0.6) is 0 Å². The molecule has 3 rings (SSSR count). The minimum Gasteiger partial charge on any atom is -0.348 e. The van der Waals surface area contributed by atoms with Gasteiger partial charge >= 0.3 is 0 Å². The lowest BCUT2D eigenvalue weighted by molar-refractivity contribution is 0.0991. The molecule has 0 saturated heterocycles. The molecule has 1 aromatic heterocycles. The van der Waals surface area contributed by atoms with E-state index in [0.29, 0.717) is 5.92 Å². The zero-order valence-corrected chi connectivity index (χ0v) is 13.4. The van der Waals surface area contributed by atoms with Gasteiger partial charge in [-0.25, -0.2) is 0 Å². The van der Waals surface area contributed by atoms with Crippen LogP contribution in [0.4, 0.5) is 0 Å². The first-order valence-electron chi connectivity index (χ1n) is 7.42. The summed E-state index contributed by atoms with van der Waals surface area (Å²) < 4.78 is 2.26. The molecule has 110 valence electrons. The minimum atomic E-state index is -0.469. The first-order chi connectivity index (χ1) is 9.99. The maximum atomic E-state index is 12.2. The van der Waals surface area contributed by atoms with E-state index in [9.17, 15) is 4.79 Å². The molecule has 1 aliphatic carbocycles. The lowest BCUT2D eigenvalue weighted by atomic mass is 9.77. The average Bonchev–Trinajstić information content (AvgIpc) is 2.71. The number of aryl methyl sites for hydroxylation is 1. The molecule has 2 nitrogen and oxygen atoms in total. The molecule has 0 spiro atoms. The van der Waals surface area contributed by atoms with E-state index in [4.69, 9.17) is 11.6 Å². The van der Waals surface area contributed by atoms with Gasteiger partial charge in [0, 0.05) is 29.4 Å². The van der Waals surface area contributed by atoms with E-state index in [2.05, 4.69) is 35.8 Å². The zero-order chi connectivity index (χ0) is 15.1. The Morgan fingerprint density at radius 1 is 1.38 bits per heavy atom. The van der Waals surface area contributed by atoms with Crippen LogP contribution in [-0.4, -0.2) is 15.7 Å². The van der Waals surface area contributed by atoms with Gasteiger partial charge in [0.25, 0.3) is 0 Å². The molecule has 1 aliphatic rings. The molecule has 0 N–H and O–H groups in total. The van der Waals surface area contributed by atoms with Crippen molar-refractivity contribution in [2.75, 3.05) is 0 Å². The topological polar surface area (TPSA) is 22.0 Å². The highest BCUT2D eigenvalue weighted by Crippen LogP contribution is 2.37. The lowest BCUT2D eigenvalue weighted by Crippen LogP contribution is -2.23. The Bertz CT molecular complexity index is 699. The number of halogens is 1. The molecule has 0 amide bonds. The van der Waals surface area contributed by atoms with Crippen molar-refractivity contribution in [2.45, 2.75) is 45.0 Å². The largest absolute Gasteiger partial charge is 0.348 e. The smallest absolute Gasteiger partial charge is 0.182 e. The number of fused-ring (bicyclic) bond motifs is 1. The molecule has 2 aromatic rings. The second-order valence-electron chi connectivity index (χ2n) is 5.98. The Morgan fingerprint density at radius 3 is 2.76 bits per heavy atom. The number of alkyl halides is 1. The van der Waals surface area contributed by atoms with Gasteiger partial charge in [-0.3, -0.25) is 4.79 Å². The van der Waals surface area contributed by atoms with Gasteiger partial charge in [-0.05, 0) is 44.4 Å². The molecule has 2 atom stereocenters.